The fraction of sp³-hybridized carbons (Fsp3) is 0.333. The molecular formula is C12H13ClN4O. The summed E-state index contributed by atoms with van der Waals surface area (Å²) in [5.74, 6) is 1.22. The maximum absolute atomic E-state index is 5.99. The second kappa shape index (κ2) is 5.27. The molecule has 0 aliphatic carbocycles. The summed E-state index contributed by atoms with van der Waals surface area (Å²) in [7, 11) is 1.55. The zero-order chi connectivity index (χ0) is 13.1. The molecule has 0 saturated carbocycles. The van der Waals surface area contributed by atoms with Gasteiger partial charge in [0.05, 0.1) is 7.11 Å². The average molecular weight is 265 g/mol. The molecule has 0 spiro atoms. The minimum Gasteiger partial charge on any atom is -0.481 e. The highest BCUT2D eigenvalue weighted by atomic mass is 35.5. The fourth-order valence-electron chi connectivity index (χ4n) is 1.42. The van der Waals surface area contributed by atoms with E-state index in [1.165, 1.54) is 6.33 Å². The number of hydrogen-bond acceptors (Lipinski definition) is 5. The van der Waals surface area contributed by atoms with E-state index in [2.05, 4.69) is 19.9 Å². The first-order chi connectivity index (χ1) is 8.60. The van der Waals surface area contributed by atoms with Crippen molar-refractivity contribution < 1.29 is 4.74 Å². The van der Waals surface area contributed by atoms with E-state index in [0.717, 1.165) is 5.69 Å². The summed E-state index contributed by atoms with van der Waals surface area (Å²) < 4.78 is 5.04. The Kier molecular flexibility index (Phi) is 3.72. The molecule has 5 nitrogen and oxygen atoms in total. The van der Waals surface area contributed by atoms with Crippen LogP contribution in [-0.2, 0) is 0 Å². The van der Waals surface area contributed by atoms with Gasteiger partial charge >= 0.3 is 0 Å². The summed E-state index contributed by atoms with van der Waals surface area (Å²) in [6, 6.07) is 3.43. The quantitative estimate of drug-likeness (QED) is 0.798. The van der Waals surface area contributed by atoms with Crippen molar-refractivity contribution in [1.29, 1.82) is 0 Å². The third-order valence-electron chi connectivity index (χ3n) is 2.39. The first-order valence-electron chi connectivity index (χ1n) is 5.51. The zero-order valence-corrected chi connectivity index (χ0v) is 11.1. The standard InChI is InChI=1S/C12H13ClN4O/c1-7(2)8-4-10(13)17-12(16-8)9-5-11(18-3)15-6-14-9/h4-7H,1-3H3. The first-order valence-corrected chi connectivity index (χ1v) is 5.89. The molecule has 6 heteroatoms. The first kappa shape index (κ1) is 12.7. The number of rotatable bonds is 3. The van der Waals surface area contributed by atoms with Crippen LogP contribution < -0.4 is 4.74 Å². The fourth-order valence-corrected chi connectivity index (χ4v) is 1.61. The SMILES string of the molecule is COc1cc(-c2nc(Cl)cc(C(C)C)n2)ncn1. The van der Waals surface area contributed by atoms with Gasteiger partial charge in [0.2, 0.25) is 5.88 Å². The van der Waals surface area contributed by atoms with Gasteiger partial charge in [0, 0.05) is 11.8 Å². The van der Waals surface area contributed by atoms with E-state index in [1.807, 2.05) is 13.8 Å². The average Bonchev–Trinajstić information content (AvgIpc) is 2.38. The molecule has 0 atom stereocenters. The molecule has 0 fully saturated rings. The Bertz CT molecular complexity index is 560. The van der Waals surface area contributed by atoms with Crippen LogP contribution in [0.3, 0.4) is 0 Å². The zero-order valence-electron chi connectivity index (χ0n) is 10.4. The minimum absolute atomic E-state index is 0.271. The molecule has 0 N–H and O–H groups in total. The monoisotopic (exact) mass is 264 g/mol. The molecule has 18 heavy (non-hydrogen) atoms. The highest BCUT2D eigenvalue weighted by Crippen LogP contribution is 2.21. The van der Waals surface area contributed by atoms with Crippen molar-refractivity contribution in [3.8, 4) is 17.4 Å². The lowest BCUT2D eigenvalue weighted by Crippen LogP contribution is -2.00. The summed E-state index contributed by atoms with van der Waals surface area (Å²) in [6.07, 6.45) is 1.41. The Balaban J connectivity index is 2.49. The van der Waals surface area contributed by atoms with Crippen molar-refractivity contribution in [1.82, 2.24) is 19.9 Å². The smallest absolute Gasteiger partial charge is 0.216 e. The maximum Gasteiger partial charge on any atom is 0.216 e. The van der Waals surface area contributed by atoms with Crippen LogP contribution in [0.5, 0.6) is 5.88 Å². The van der Waals surface area contributed by atoms with Crippen LogP contribution in [0.4, 0.5) is 0 Å². The molecule has 94 valence electrons. The molecule has 0 radical (unpaired) electrons. The van der Waals surface area contributed by atoms with Crippen molar-refractivity contribution in [2.24, 2.45) is 0 Å². The molecule has 0 aromatic carbocycles. The second-order valence-corrected chi connectivity index (χ2v) is 4.43. The van der Waals surface area contributed by atoms with Crippen LogP contribution in [0.15, 0.2) is 18.5 Å². The third kappa shape index (κ3) is 2.73. The Hall–Kier alpha value is -1.75. The number of aromatic nitrogens is 4. The largest absolute Gasteiger partial charge is 0.481 e. The third-order valence-corrected chi connectivity index (χ3v) is 2.58. The van der Waals surface area contributed by atoms with E-state index in [9.17, 15) is 0 Å². The van der Waals surface area contributed by atoms with Crippen LogP contribution in [-0.4, -0.2) is 27.0 Å². The van der Waals surface area contributed by atoms with E-state index >= 15 is 0 Å². The second-order valence-electron chi connectivity index (χ2n) is 4.04. The lowest BCUT2D eigenvalue weighted by Gasteiger charge is -2.07. The minimum atomic E-state index is 0.271. The molecule has 0 saturated heterocycles. The van der Waals surface area contributed by atoms with E-state index in [4.69, 9.17) is 16.3 Å². The van der Waals surface area contributed by atoms with E-state index in [0.29, 0.717) is 22.6 Å². The Morgan fingerprint density at radius 2 is 1.94 bits per heavy atom. The molecule has 0 aliphatic heterocycles. The van der Waals surface area contributed by atoms with Crippen molar-refractivity contribution in [2.45, 2.75) is 19.8 Å². The molecule has 0 amide bonds. The molecule has 0 bridgehead atoms. The van der Waals surface area contributed by atoms with Crippen LogP contribution in [0.1, 0.15) is 25.5 Å². The number of nitrogens with zero attached hydrogens (tertiary/aromatic N) is 4. The van der Waals surface area contributed by atoms with Crippen LogP contribution >= 0.6 is 11.6 Å². The van der Waals surface area contributed by atoms with E-state index in [1.54, 1.807) is 19.2 Å². The maximum atomic E-state index is 5.99. The van der Waals surface area contributed by atoms with Crippen molar-refractivity contribution in [3.63, 3.8) is 0 Å². The normalized spacial score (nSPS) is 10.7. The van der Waals surface area contributed by atoms with Gasteiger partial charge in [-0.3, -0.25) is 0 Å². The van der Waals surface area contributed by atoms with Gasteiger partial charge in [0.1, 0.15) is 17.2 Å². The predicted octanol–water partition coefficient (Wildman–Crippen LogP) is 2.72. The van der Waals surface area contributed by atoms with Gasteiger partial charge in [-0.15, -0.1) is 0 Å². The lowest BCUT2D eigenvalue weighted by molar-refractivity contribution is 0.397. The predicted molar refractivity (Wildman–Crippen MR) is 68.7 cm³/mol. The van der Waals surface area contributed by atoms with Crippen LogP contribution in [0.2, 0.25) is 5.15 Å². The summed E-state index contributed by atoms with van der Waals surface area (Å²) in [5, 5.41) is 0.404. The number of ether oxygens (including phenoxy) is 1. The summed E-state index contributed by atoms with van der Waals surface area (Å²) >= 11 is 5.99. The number of hydrogen-bond donors (Lipinski definition) is 0. The Morgan fingerprint density at radius 3 is 2.61 bits per heavy atom. The van der Waals surface area contributed by atoms with Crippen molar-refractivity contribution in [3.05, 3.63) is 29.3 Å². The number of methoxy groups -OCH3 is 1. The van der Waals surface area contributed by atoms with Crippen LogP contribution in [0.25, 0.3) is 11.5 Å². The summed E-state index contributed by atoms with van der Waals surface area (Å²) in [5.41, 5.74) is 1.47. The highest BCUT2D eigenvalue weighted by Gasteiger charge is 2.10. The number of halogens is 1. The topological polar surface area (TPSA) is 60.8 Å². The van der Waals surface area contributed by atoms with Gasteiger partial charge in [-0.2, -0.15) is 0 Å². The van der Waals surface area contributed by atoms with Gasteiger partial charge < -0.3 is 4.74 Å². The van der Waals surface area contributed by atoms with Gasteiger partial charge in [0.25, 0.3) is 0 Å². The van der Waals surface area contributed by atoms with Gasteiger partial charge in [-0.05, 0) is 12.0 Å². The Labute approximate surface area is 110 Å². The molecule has 0 unspecified atom stereocenters. The summed E-state index contributed by atoms with van der Waals surface area (Å²) in [4.78, 5) is 16.7. The highest BCUT2D eigenvalue weighted by molar-refractivity contribution is 6.29. The van der Waals surface area contributed by atoms with E-state index in [-0.39, 0.29) is 5.92 Å². The molecular weight excluding hydrogens is 252 g/mol. The molecule has 2 heterocycles. The van der Waals surface area contributed by atoms with Crippen molar-refractivity contribution in [2.75, 3.05) is 7.11 Å². The van der Waals surface area contributed by atoms with Crippen LogP contribution in [0, 0.1) is 0 Å². The summed E-state index contributed by atoms with van der Waals surface area (Å²) in [6.45, 7) is 4.09. The van der Waals surface area contributed by atoms with Gasteiger partial charge in [-0.25, -0.2) is 19.9 Å². The van der Waals surface area contributed by atoms with Gasteiger partial charge in [0.15, 0.2) is 5.82 Å². The van der Waals surface area contributed by atoms with Gasteiger partial charge in [-0.1, -0.05) is 25.4 Å². The Morgan fingerprint density at radius 1 is 1.17 bits per heavy atom. The lowest BCUT2D eigenvalue weighted by atomic mass is 10.1. The molecule has 2 aromatic heterocycles. The molecule has 0 aliphatic rings. The molecule has 2 aromatic rings. The molecule has 2 rings (SSSR count). The van der Waals surface area contributed by atoms with Crippen molar-refractivity contribution >= 4 is 11.6 Å². The van der Waals surface area contributed by atoms with E-state index < -0.39 is 0 Å².